The number of aromatic nitrogens is 2. The van der Waals surface area contributed by atoms with Crippen molar-refractivity contribution in [2.75, 3.05) is 6.61 Å². The Morgan fingerprint density at radius 3 is 2.73 bits per heavy atom. The molecule has 0 spiro atoms. The predicted molar refractivity (Wildman–Crippen MR) is 122 cm³/mol. The highest BCUT2D eigenvalue weighted by molar-refractivity contribution is 9.10. The molecule has 3 rings (SSSR count). The molecule has 3 aromatic rings. The molecule has 9 heteroatoms. The van der Waals surface area contributed by atoms with Gasteiger partial charge >= 0.3 is 5.97 Å². The van der Waals surface area contributed by atoms with Crippen LogP contribution in [0.3, 0.4) is 0 Å². The molecule has 0 amide bonds. The number of carbonyl (C=O) groups is 1. The van der Waals surface area contributed by atoms with Crippen molar-refractivity contribution in [1.29, 1.82) is 0 Å². The molecule has 0 bridgehead atoms. The molecule has 1 atom stereocenters. The summed E-state index contributed by atoms with van der Waals surface area (Å²) < 4.78 is 13.3. The van der Waals surface area contributed by atoms with Crippen molar-refractivity contribution in [1.82, 2.24) is 9.66 Å². The predicted octanol–water partition coefficient (Wildman–Crippen LogP) is 4.44. The summed E-state index contributed by atoms with van der Waals surface area (Å²) in [6, 6.07) is 10.6. The molecular formula is C21H19Br2N3O4. The zero-order chi connectivity index (χ0) is 21.8. The van der Waals surface area contributed by atoms with E-state index in [2.05, 4.69) is 41.9 Å². The smallest absolute Gasteiger partial charge is 0.347 e. The lowest BCUT2D eigenvalue weighted by molar-refractivity contribution is -0.150. The van der Waals surface area contributed by atoms with Crippen molar-refractivity contribution < 1.29 is 14.3 Å². The second kappa shape index (κ2) is 9.53. The fourth-order valence-electron chi connectivity index (χ4n) is 2.71. The van der Waals surface area contributed by atoms with E-state index >= 15 is 0 Å². The number of carbonyl (C=O) groups excluding carboxylic acids is 1. The van der Waals surface area contributed by atoms with Crippen LogP contribution in [-0.2, 0) is 9.53 Å². The minimum absolute atomic E-state index is 0.252. The van der Waals surface area contributed by atoms with Gasteiger partial charge in [0.2, 0.25) is 0 Å². The first-order chi connectivity index (χ1) is 14.3. The molecule has 2 aromatic carbocycles. The minimum Gasteiger partial charge on any atom is -0.478 e. The molecule has 0 aliphatic heterocycles. The van der Waals surface area contributed by atoms with Gasteiger partial charge in [-0.3, -0.25) is 4.79 Å². The summed E-state index contributed by atoms with van der Waals surface area (Å²) in [6.45, 7) is 5.39. The van der Waals surface area contributed by atoms with Gasteiger partial charge < -0.3 is 9.47 Å². The van der Waals surface area contributed by atoms with Crippen LogP contribution in [0.4, 0.5) is 0 Å². The third kappa shape index (κ3) is 4.96. The molecule has 0 aliphatic rings. The lowest BCUT2D eigenvalue weighted by Gasteiger charge is -2.14. The molecule has 1 aromatic heterocycles. The molecule has 0 saturated carbocycles. The molecule has 0 saturated heterocycles. The van der Waals surface area contributed by atoms with Crippen molar-refractivity contribution in [3.63, 3.8) is 0 Å². The normalized spacial score (nSPS) is 12.3. The van der Waals surface area contributed by atoms with Crippen molar-refractivity contribution in [2.45, 2.75) is 26.9 Å². The van der Waals surface area contributed by atoms with Gasteiger partial charge in [-0.1, -0.05) is 15.9 Å². The second-order valence-corrected chi connectivity index (χ2v) is 8.15. The summed E-state index contributed by atoms with van der Waals surface area (Å²) in [5, 5.41) is 4.78. The Hall–Kier alpha value is -2.52. The van der Waals surface area contributed by atoms with Crippen LogP contribution < -0.4 is 10.3 Å². The molecule has 156 valence electrons. The Kier molecular flexibility index (Phi) is 7.04. The maximum atomic E-state index is 12.8. The lowest BCUT2D eigenvalue weighted by Crippen LogP contribution is -2.26. The number of esters is 1. The SMILES string of the molecule is CCOC(=O)[C@@H](C)Oc1ccc(C=Nn2c(C)nc3ccc(Br)cc3c2=O)cc1Br. The van der Waals surface area contributed by atoms with E-state index in [4.69, 9.17) is 9.47 Å². The van der Waals surface area contributed by atoms with Crippen LogP contribution in [0, 0.1) is 6.92 Å². The fourth-order valence-corrected chi connectivity index (χ4v) is 3.56. The summed E-state index contributed by atoms with van der Waals surface area (Å²) in [4.78, 5) is 29.0. The highest BCUT2D eigenvalue weighted by Crippen LogP contribution is 2.26. The molecule has 0 N–H and O–H groups in total. The molecule has 0 fully saturated rings. The standard InChI is InChI=1S/C21H19Br2N3O4/c1-4-29-21(28)12(2)30-19-8-5-14(9-17(19)23)11-24-26-13(3)25-18-7-6-15(22)10-16(18)20(26)27/h5-12H,4H2,1-3H3/t12-/m1/s1. The van der Waals surface area contributed by atoms with Gasteiger partial charge in [-0.25, -0.2) is 9.78 Å². The van der Waals surface area contributed by atoms with E-state index in [0.29, 0.717) is 33.6 Å². The van der Waals surface area contributed by atoms with E-state index in [1.54, 1.807) is 57.3 Å². The van der Waals surface area contributed by atoms with E-state index in [0.717, 1.165) is 10.0 Å². The van der Waals surface area contributed by atoms with Gasteiger partial charge in [0.15, 0.2) is 6.10 Å². The number of ether oxygens (including phenoxy) is 2. The Bertz CT molecular complexity index is 1190. The first-order valence-electron chi connectivity index (χ1n) is 9.16. The number of hydrogen-bond acceptors (Lipinski definition) is 6. The Morgan fingerprint density at radius 2 is 2.03 bits per heavy atom. The molecule has 1 heterocycles. The highest BCUT2D eigenvalue weighted by atomic mass is 79.9. The number of hydrogen-bond donors (Lipinski definition) is 0. The van der Waals surface area contributed by atoms with E-state index in [-0.39, 0.29) is 5.56 Å². The monoisotopic (exact) mass is 535 g/mol. The number of rotatable bonds is 6. The van der Waals surface area contributed by atoms with Crippen LogP contribution in [-0.4, -0.2) is 34.6 Å². The highest BCUT2D eigenvalue weighted by Gasteiger charge is 2.17. The summed E-state index contributed by atoms with van der Waals surface area (Å²) in [7, 11) is 0. The topological polar surface area (TPSA) is 82.8 Å². The average molecular weight is 537 g/mol. The molecule has 30 heavy (non-hydrogen) atoms. The van der Waals surface area contributed by atoms with E-state index in [1.807, 2.05) is 6.07 Å². The van der Waals surface area contributed by atoms with Gasteiger partial charge in [-0.2, -0.15) is 9.78 Å². The lowest BCUT2D eigenvalue weighted by atomic mass is 10.2. The van der Waals surface area contributed by atoms with Crippen molar-refractivity contribution >= 4 is 54.9 Å². The molecular weight excluding hydrogens is 518 g/mol. The molecule has 0 aliphatic carbocycles. The van der Waals surface area contributed by atoms with E-state index in [1.165, 1.54) is 4.68 Å². The van der Waals surface area contributed by atoms with Gasteiger partial charge in [0.1, 0.15) is 11.6 Å². The number of benzene rings is 2. The summed E-state index contributed by atoms with van der Waals surface area (Å²) in [6.07, 6.45) is 0.827. The van der Waals surface area contributed by atoms with Crippen LogP contribution in [0.15, 0.2) is 55.2 Å². The van der Waals surface area contributed by atoms with E-state index < -0.39 is 12.1 Å². The van der Waals surface area contributed by atoms with Crippen molar-refractivity contribution in [2.24, 2.45) is 5.10 Å². The van der Waals surface area contributed by atoms with Crippen LogP contribution in [0.5, 0.6) is 5.75 Å². The first kappa shape index (κ1) is 22.2. The zero-order valence-corrected chi connectivity index (χ0v) is 19.7. The third-order valence-electron chi connectivity index (χ3n) is 4.17. The quantitative estimate of drug-likeness (QED) is 0.343. The molecule has 7 nitrogen and oxygen atoms in total. The average Bonchev–Trinajstić information content (AvgIpc) is 2.70. The van der Waals surface area contributed by atoms with Gasteiger partial charge in [0, 0.05) is 4.47 Å². The Balaban J connectivity index is 1.86. The third-order valence-corrected chi connectivity index (χ3v) is 5.28. The van der Waals surface area contributed by atoms with Crippen molar-refractivity contribution in [3.8, 4) is 5.75 Å². The number of fused-ring (bicyclic) bond motifs is 1. The first-order valence-corrected chi connectivity index (χ1v) is 10.7. The van der Waals surface area contributed by atoms with Crippen LogP contribution in [0.25, 0.3) is 10.9 Å². The van der Waals surface area contributed by atoms with Crippen LogP contribution in [0.2, 0.25) is 0 Å². The zero-order valence-electron chi connectivity index (χ0n) is 16.6. The number of aryl methyl sites for hydroxylation is 1. The number of halogens is 2. The summed E-state index contributed by atoms with van der Waals surface area (Å²) in [5.74, 6) is 0.548. The second-order valence-electron chi connectivity index (χ2n) is 6.38. The maximum absolute atomic E-state index is 12.8. The number of nitrogens with zero attached hydrogens (tertiary/aromatic N) is 3. The fraction of sp³-hybridized carbons (Fsp3) is 0.238. The van der Waals surface area contributed by atoms with E-state index in [9.17, 15) is 9.59 Å². The molecule has 0 unspecified atom stereocenters. The Labute approximate surface area is 190 Å². The largest absolute Gasteiger partial charge is 0.478 e. The molecule has 0 radical (unpaired) electrons. The van der Waals surface area contributed by atoms with Crippen LogP contribution >= 0.6 is 31.9 Å². The van der Waals surface area contributed by atoms with Gasteiger partial charge in [-0.05, 0) is 78.7 Å². The van der Waals surface area contributed by atoms with Crippen LogP contribution in [0.1, 0.15) is 25.2 Å². The van der Waals surface area contributed by atoms with Gasteiger partial charge in [-0.15, -0.1) is 0 Å². The van der Waals surface area contributed by atoms with Gasteiger partial charge in [0.25, 0.3) is 5.56 Å². The summed E-state index contributed by atoms with van der Waals surface area (Å²) in [5.41, 5.74) is 1.10. The summed E-state index contributed by atoms with van der Waals surface area (Å²) >= 11 is 6.81. The minimum atomic E-state index is -0.731. The maximum Gasteiger partial charge on any atom is 0.347 e. The van der Waals surface area contributed by atoms with Gasteiger partial charge in [0.05, 0.1) is 28.2 Å². The van der Waals surface area contributed by atoms with Crippen molar-refractivity contribution in [3.05, 3.63) is 67.1 Å². The Morgan fingerprint density at radius 1 is 1.27 bits per heavy atom.